The third-order valence-corrected chi connectivity index (χ3v) is 3.77. The first-order valence-electron chi connectivity index (χ1n) is 9.02. The van der Waals surface area contributed by atoms with Gasteiger partial charge in [-0.05, 0) is 25.0 Å². The second-order valence-electron chi connectivity index (χ2n) is 6.01. The van der Waals surface area contributed by atoms with Gasteiger partial charge in [0.15, 0.2) is 11.8 Å². The van der Waals surface area contributed by atoms with Gasteiger partial charge in [-0.15, -0.1) is 10.2 Å². The van der Waals surface area contributed by atoms with Crippen LogP contribution in [-0.4, -0.2) is 40.1 Å². The van der Waals surface area contributed by atoms with Crippen molar-refractivity contribution in [3.63, 3.8) is 0 Å². The first kappa shape index (κ1) is 21.7. The van der Waals surface area contributed by atoms with Gasteiger partial charge in [-0.2, -0.15) is 13.2 Å². The molecule has 1 aromatic carbocycles. The summed E-state index contributed by atoms with van der Waals surface area (Å²) in [6, 6.07) is 7.14. The average Bonchev–Trinajstić information content (AvgIpc) is 3.11. The maximum atomic E-state index is 12.1. The molecule has 0 fully saturated rings. The molecule has 1 heterocycles. The topological polar surface area (TPSA) is 76.4 Å². The van der Waals surface area contributed by atoms with Crippen molar-refractivity contribution in [2.75, 3.05) is 13.2 Å². The summed E-state index contributed by atoms with van der Waals surface area (Å²) in [5.41, 5.74) is 1.62. The zero-order valence-corrected chi connectivity index (χ0v) is 16.0. The Bertz CT molecular complexity index is 743. The van der Waals surface area contributed by atoms with E-state index < -0.39 is 12.8 Å². The molecule has 2 aromatic rings. The summed E-state index contributed by atoms with van der Waals surface area (Å²) in [4.78, 5) is 4.52. The lowest BCUT2D eigenvalue weighted by atomic mass is 10.1. The summed E-state index contributed by atoms with van der Waals surface area (Å²) in [5.74, 6) is 1.46. The van der Waals surface area contributed by atoms with Crippen LogP contribution in [0.1, 0.15) is 30.8 Å². The van der Waals surface area contributed by atoms with Crippen molar-refractivity contribution in [2.45, 2.75) is 46.3 Å². The van der Waals surface area contributed by atoms with Gasteiger partial charge in [0.25, 0.3) is 0 Å². The normalized spacial score (nSPS) is 12.2. The number of nitrogens with zero attached hydrogens (tertiary/aromatic N) is 4. The summed E-state index contributed by atoms with van der Waals surface area (Å²) in [6.45, 7) is 5.09. The number of aromatic nitrogens is 3. The second-order valence-corrected chi connectivity index (χ2v) is 6.01. The molecule has 0 atom stereocenters. The van der Waals surface area contributed by atoms with Gasteiger partial charge in [0.05, 0.1) is 19.7 Å². The largest absolute Gasteiger partial charge is 0.411 e. The van der Waals surface area contributed by atoms with E-state index in [1.807, 2.05) is 30.5 Å². The van der Waals surface area contributed by atoms with Crippen molar-refractivity contribution in [1.29, 1.82) is 0 Å². The van der Waals surface area contributed by atoms with E-state index in [2.05, 4.69) is 30.6 Å². The van der Waals surface area contributed by atoms with E-state index >= 15 is 0 Å². The van der Waals surface area contributed by atoms with Crippen LogP contribution < -0.4 is 10.6 Å². The van der Waals surface area contributed by atoms with Crippen LogP contribution >= 0.6 is 0 Å². The molecule has 0 saturated heterocycles. The minimum atomic E-state index is -4.31. The molecule has 0 saturated carbocycles. The Morgan fingerprint density at radius 3 is 2.50 bits per heavy atom. The van der Waals surface area contributed by atoms with E-state index in [0.29, 0.717) is 31.2 Å². The van der Waals surface area contributed by atoms with Crippen LogP contribution in [0.2, 0.25) is 0 Å². The molecule has 7 nitrogen and oxygen atoms in total. The van der Waals surface area contributed by atoms with Crippen molar-refractivity contribution >= 4 is 5.96 Å². The molecule has 0 spiro atoms. The summed E-state index contributed by atoms with van der Waals surface area (Å²) in [5, 5.41) is 14.3. The van der Waals surface area contributed by atoms with E-state index in [1.165, 1.54) is 0 Å². The number of alkyl halides is 3. The van der Waals surface area contributed by atoms with Crippen molar-refractivity contribution in [3.8, 4) is 0 Å². The van der Waals surface area contributed by atoms with Crippen molar-refractivity contribution in [1.82, 2.24) is 25.4 Å². The summed E-state index contributed by atoms with van der Waals surface area (Å²) < 4.78 is 42.9. The van der Waals surface area contributed by atoms with E-state index in [1.54, 1.807) is 18.5 Å². The molecule has 154 valence electrons. The summed E-state index contributed by atoms with van der Waals surface area (Å²) in [6.07, 6.45) is -2.63. The number of guanidine groups is 1. The summed E-state index contributed by atoms with van der Waals surface area (Å²) >= 11 is 0. The van der Waals surface area contributed by atoms with Gasteiger partial charge in [0.2, 0.25) is 0 Å². The van der Waals surface area contributed by atoms with Crippen LogP contribution in [0, 0.1) is 0 Å². The number of aryl methyl sites for hydroxylation is 1. The zero-order valence-electron chi connectivity index (χ0n) is 16.0. The van der Waals surface area contributed by atoms with Crippen molar-refractivity contribution in [3.05, 3.63) is 47.5 Å². The number of aliphatic imine (C=N–C) groups is 1. The Kier molecular flexibility index (Phi) is 8.24. The fraction of sp³-hybridized carbons (Fsp3) is 0.500. The van der Waals surface area contributed by atoms with E-state index in [9.17, 15) is 13.2 Å². The molecule has 0 amide bonds. The fourth-order valence-electron chi connectivity index (χ4n) is 2.38. The minimum absolute atomic E-state index is 0.0780. The van der Waals surface area contributed by atoms with Crippen LogP contribution in [0.4, 0.5) is 13.2 Å². The highest BCUT2D eigenvalue weighted by molar-refractivity contribution is 5.79. The monoisotopic (exact) mass is 398 g/mol. The number of halogens is 3. The van der Waals surface area contributed by atoms with Crippen LogP contribution in [0.3, 0.4) is 0 Å². The van der Waals surface area contributed by atoms with Gasteiger partial charge < -0.3 is 19.9 Å². The molecule has 10 heteroatoms. The summed E-state index contributed by atoms with van der Waals surface area (Å²) in [7, 11) is 0. The number of rotatable bonds is 9. The lowest BCUT2D eigenvalue weighted by molar-refractivity contribution is -0.176. The highest BCUT2D eigenvalue weighted by Gasteiger charge is 2.27. The van der Waals surface area contributed by atoms with Crippen LogP contribution in [0.5, 0.6) is 0 Å². The van der Waals surface area contributed by atoms with Gasteiger partial charge in [0.1, 0.15) is 12.9 Å². The van der Waals surface area contributed by atoms with E-state index in [4.69, 9.17) is 0 Å². The van der Waals surface area contributed by atoms with Crippen molar-refractivity contribution in [2.24, 2.45) is 4.99 Å². The molecule has 0 aliphatic carbocycles. The molecule has 0 bridgehead atoms. The second kappa shape index (κ2) is 10.6. The smallest absolute Gasteiger partial charge is 0.367 e. The molecule has 0 aliphatic rings. The highest BCUT2D eigenvalue weighted by atomic mass is 19.4. The first-order chi connectivity index (χ1) is 13.4. The zero-order chi connectivity index (χ0) is 20.4. The quantitative estimate of drug-likeness (QED) is 0.502. The number of ether oxygens (including phenoxy) is 1. The number of hydrogen-bond acceptors (Lipinski definition) is 4. The molecular weight excluding hydrogens is 373 g/mol. The number of benzene rings is 1. The third kappa shape index (κ3) is 7.55. The van der Waals surface area contributed by atoms with Gasteiger partial charge in [-0.1, -0.05) is 24.3 Å². The Morgan fingerprint density at radius 1 is 1.14 bits per heavy atom. The molecule has 2 rings (SSSR count). The molecule has 2 N–H and O–H groups in total. The predicted octanol–water partition coefficient (Wildman–Crippen LogP) is 2.63. The Morgan fingerprint density at radius 2 is 1.86 bits per heavy atom. The van der Waals surface area contributed by atoms with Crippen LogP contribution in [0.15, 0.2) is 35.6 Å². The predicted molar refractivity (Wildman–Crippen MR) is 99.5 cm³/mol. The van der Waals surface area contributed by atoms with Crippen LogP contribution in [-0.2, 0) is 31.0 Å². The average molecular weight is 398 g/mol. The Hall–Kier alpha value is -2.62. The van der Waals surface area contributed by atoms with Crippen molar-refractivity contribution < 1.29 is 17.9 Å². The van der Waals surface area contributed by atoms with Gasteiger partial charge in [0, 0.05) is 13.1 Å². The maximum absolute atomic E-state index is 12.1. The number of nitrogens with one attached hydrogen (secondary N) is 2. The SMILES string of the molecule is CCNC(=NCc1ccc(COCC(F)(F)F)cc1)NCc1nncn1CC. The highest BCUT2D eigenvalue weighted by Crippen LogP contribution is 2.16. The fourth-order valence-corrected chi connectivity index (χ4v) is 2.38. The third-order valence-electron chi connectivity index (χ3n) is 3.77. The standard InChI is InChI=1S/C18H25F3N6O/c1-3-22-17(24-10-16-26-25-13-27(16)4-2)23-9-14-5-7-15(8-6-14)11-28-12-18(19,20)21/h5-8,13H,3-4,9-12H2,1-2H3,(H2,22,23,24). The van der Waals surface area contributed by atoms with E-state index in [-0.39, 0.29) is 6.61 Å². The lowest BCUT2D eigenvalue weighted by Crippen LogP contribution is -2.37. The lowest BCUT2D eigenvalue weighted by Gasteiger charge is -2.11. The molecule has 0 unspecified atom stereocenters. The Labute approximate surface area is 162 Å². The van der Waals surface area contributed by atoms with Crippen LogP contribution in [0.25, 0.3) is 0 Å². The van der Waals surface area contributed by atoms with Gasteiger partial charge in [-0.25, -0.2) is 4.99 Å². The Balaban J connectivity index is 1.87. The molecule has 0 aliphatic heterocycles. The van der Waals surface area contributed by atoms with Gasteiger partial charge in [-0.3, -0.25) is 0 Å². The van der Waals surface area contributed by atoms with E-state index in [0.717, 1.165) is 17.9 Å². The molecule has 28 heavy (non-hydrogen) atoms. The molecular formula is C18H25F3N6O. The minimum Gasteiger partial charge on any atom is -0.367 e. The maximum Gasteiger partial charge on any atom is 0.411 e. The van der Waals surface area contributed by atoms with Gasteiger partial charge >= 0.3 is 6.18 Å². The molecule has 0 radical (unpaired) electrons. The number of hydrogen-bond donors (Lipinski definition) is 2. The first-order valence-corrected chi connectivity index (χ1v) is 9.02. The molecule has 1 aromatic heterocycles.